The fourth-order valence-electron chi connectivity index (χ4n) is 1.70. The zero-order valence-corrected chi connectivity index (χ0v) is 9.50. The van der Waals surface area contributed by atoms with Crippen molar-refractivity contribution in [1.82, 2.24) is 4.90 Å². The van der Waals surface area contributed by atoms with Crippen molar-refractivity contribution in [2.45, 2.75) is 52.0 Å². The van der Waals surface area contributed by atoms with Gasteiger partial charge in [0.1, 0.15) is 0 Å². The van der Waals surface area contributed by atoms with E-state index in [1.165, 1.54) is 25.8 Å². The molecule has 1 fully saturated rings. The Morgan fingerprint density at radius 3 is 2.57 bits per heavy atom. The Morgan fingerprint density at radius 1 is 1.36 bits per heavy atom. The van der Waals surface area contributed by atoms with E-state index in [2.05, 4.69) is 24.8 Å². The molecule has 0 aromatic carbocycles. The summed E-state index contributed by atoms with van der Waals surface area (Å²) >= 11 is 0. The molecule has 0 saturated heterocycles. The molecule has 1 aliphatic carbocycles. The molecule has 1 aliphatic rings. The minimum Gasteiger partial charge on any atom is -0.300 e. The Balaban J connectivity index is 2.15. The van der Waals surface area contributed by atoms with E-state index in [0.717, 1.165) is 24.9 Å². The lowest BCUT2D eigenvalue weighted by atomic mass is 10.1. The number of hydrogen-bond donors (Lipinski definition) is 0. The average Bonchev–Trinajstić information content (AvgIpc) is 2.94. The van der Waals surface area contributed by atoms with Gasteiger partial charge < -0.3 is 4.90 Å². The summed E-state index contributed by atoms with van der Waals surface area (Å²) in [6.45, 7) is 6.92. The van der Waals surface area contributed by atoms with E-state index in [-0.39, 0.29) is 0 Å². The van der Waals surface area contributed by atoms with Gasteiger partial charge in [0.15, 0.2) is 0 Å². The normalized spacial score (nSPS) is 16.2. The van der Waals surface area contributed by atoms with Crippen LogP contribution in [0.3, 0.4) is 0 Å². The summed E-state index contributed by atoms with van der Waals surface area (Å²) in [5.41, 5.74) is 0. The van der Waals surface area contributed by atoms with Crippen molar-refractivity contribution in [1.29, 1.82) is 5.26 Å². The van der Waals surface area contributed by atoms with Crippen molar-refractivity contribution in [3.8, 4) is 6.07 Å². The summed E-state index contributed by atoms with van der Waals surface area (Å²) in [7, 11) is 0. The molecule has 0 heterocycles. The summed E-state index contributed by atoms with van der Waals surface area (Å²) < 4.78 is 0. The number of nitrogens with zero attached hydrogens (tertiary/aromatic N) is 2. The largest absolute Gasteiger partial charge is 0.300 e. The molecular weight excluding hydrogens is 172 g/mol. The van der Waals surface area contributed by atoms with Crippen LogP contribution in [0.25, 0.3) is 0 Å². The van der Waals surface area contributed by atoms with Gasteiger partial charge >= 0.3 is 0 Å². The first-order valence-electron chi connectivity index (χ1n) is 5.85. The predicted molar refractivity (Wildman–Crippen MR) is 58.9 cm³/mol. The highest BCUT2D eigenvalue weighted by Gasteiger charge is 2.27. The standard InChI is InChI=1S/C12H22N2/c1-11(2)7-10-14(12-5-6-12)9-4-3-8-13/h11-12H,3-7,9-10H2,1-2H3. The van der Waals surface area contributed by atoms with Crippen molar-refractivity contribution in [2.24, 2.45) is 5.92 Å². The lowest BCUT2D eigenvalue weighted by Gasteiger charge is -2.22. The Labute approximate surface area is 87.9 Å². The molecule has 2 heteroatoms. The Hall–Kier alpha value is -0.550. The van der Waals surface area contributed by atoms with Crippen LogP contribution in [0.2, 0.25) is 0 Å². The molecule has 0 radical (unpaired) electrons. The molecule has 0 aromatic heterocycles. The molecule has 0 atom stereocenters. The maximum atomic E-state index is 8.48. The van der Waals surface area contributed by atoms with Crippen LogP contribution in [-0.4, -0.2) is 24.0 Å². The second-order valence-electron chi connectivity index (χ2n) is 4.71. The zero-order valence-electron chi connectivity index (χ0n) is 9.50. The van der Waals surface area contributed by atoms with Gasteiger partial charge in [-0.25, -0.2) is 0 Å². The van der Waals surface area contributed by atoms with Crippen LogP contribution in [0.4, 0.5) is 0 Å². The fraction of sp³-hybridized carbons (Fsp3) is 0.917. The van der Waals surface area contributed by atoms with Crippen LogP contribution in [0.15, 0.2) is 0 Å². The van der Waals surface area contributed by atoms with Crippen molar-refractivity contribution >= 4 is 0 Å². The molecule has 1 rings (SSSR count). The maximum absolute atomic E-state index is 8.48. The van der Waals surface area contributed by atoms with Crippen LogP contribution in [0, 0.1) is 17.2 Å². The van der Waals surface area contributed by atoms with E-state index < -0.39 is 0 Å². The molecule has 1 saturated carbocycles. The molecule has 0 amide bonds. The Bertz CT molecular complexity index is 189. The van der Waals surface area contributed by atoms with Gasteiger partial charge in [-0.05, 0) is 44.7 Å². The highest BCUT2D eigenvalue weighted by atomic mass is 15.2. The zero-order chi connectivity index (χ0) is 10.4. The number of hydrogen-bond acceptors (Lipinski definition) is 2. The summed E-state index contributed by atoms with van der Waals surface area (Å²) in [4.78, 5) is 2.58. The van der Waals surface area contributed by atoms with Gasteiger partial charge in [-0.3, -0.25) is 0 Å². The van der Waals surface area contributed by atoms with E-state index >= 15 is 0 Å². The van der Waals surface area contributed by atoms with E-state index in [0.29, 0.717) is 6.42 Å². The number of nitriles is 1. The van der Waals surface area contributed by atoms with Crippen LogP contribution in [0.1, 0.15) is 46.0 Å². The second-order valence-corrected chi connectivity index (χ2v) is 4.71. The van der Waals surface area contributed by atoms with Gasteiger partial charge in [0, 0.05) is 12.5 Å². The quantitative estimate of drug-likeness (QED) is 0.583. The first-order chi connectivity index (χ1) is 6.74. The highest BCUT2D eigenvalue weighted by molar-refractivity contribution is 4.85. The lowest BCUT2D eigenvalue weighted by Crippen LogP contribution is -2.29. The van der Waals surface area contributed by atoms with Crippen LogP contribution in [0.5, 0.6) is 0 Å². The van der Waals surface area contributed by atoms with Crippen molar-refractivity contribution in [3.05, 3.63) is 0 Å². The van der Waals surface area contributed by atoms with E-state index in [9.17, 15) is 0 Å². The molecule has 2 nitrogen and oxygen atoms in total. The number of rotatable bonds is 7. The monoisotopic (exact) mass is 194 g/mol. The topological polar surface area (TPSA) is 27.0 Å². The molecule has 0 aromatic rings. The van der Waals surface area contributed by atoms with Crippen molar-refractivity contribution < 1.29 is 0 Å². The average molecular weight is 194 g/mol. The van der Waals surface area contributed by atoms with Crippen molar-refractivity contribution in [3.63, 3.8) is 0 Å². The maximum Gasteiger partial charge on any atom is 0.0622 e. The minimum absolute atomic E-state index is 0.713. The van der Waals surface area contributed by atoms with Crippen LogP contribution >= 0.6 is 0 Å². The smallest absolute Gasteiger partial charge is 0.0622 e. The Morgan fingerprint density at radius 2 is 2.07 bits per heavy atom. The third-order valence-electron chi connectivity index (χ3n) is 2.79. The molecule has 0 spiro atoms. The van der Waals surface area contributed by atoms with Crippen LogP contribution in [-0.2, 0) is 0 Å². The van der Waals surface area contributed by atoms with E-state index in [4.69, 9.17) is 5.26 Å². The van der Waals surface area contributed by atoms with Gasteiger partial charge in [-0.2, -0.15) is 5.26 Å². The molecule has 0 N–H and O–H groups in total. The lowest BCUT2D eigenvalue weighted by molar-refractivity contribution is 0.246. The third-order valence-corrected chi connectivity index (χ3v) is 2.79. The van der Waals surface area contributed by atoms with Gasteiger partial charge in [0.2, 0.25) is 0 Å². The van der Waals surface area contributed by atoms with Crippen LogP contribution < -0.4 is 0 Å². The fourth-order valence-corrected chi connectivity index (χ4v) is 1.70. The van der Waals surface area contributed by atoms with Crippen molar-refractivity contribution in [2.75, 3.05) is 13.1 Å². The molecule has 0 bridgehead atoms. The van der Waals surface area contributed by atoms with Gasteiger partial charge in [-0.1, -0.05) is 13.8 Å². The molecule has 80 valence electrons. The summed E-state index contributed by atoms with van der Waals surface area (Å²) in [6.07, 6.45) is 5.81. The van der Waals surface area contributed by atoms with E-state index in [1.54, 1.807) is 0 Å². The van der Waals surface area contributed by atoms with Gasteiger partial charge in [-0.15, -0.1) is 0 Å². The first kappa shape index (κ1) is 11.5. The third kappa shape index (κ3) is 4.62. The minimum atomic E-state index is 0.713. The first-order valence-corrected chi connectivity index (χ1v) is 5.85. The summed E-state index contributed by atoms with van der Waals surface area (Å²) in [5, 5.41) is 8.48. The van der Waals surface area contributed by atoms with E-state index in [1.807, 2.05) is 0 Å². The van der Waals surface area contributed by atoms with Gasteiger partial charge in [0.25, 0.3) is 0 Å². The number of unbranched alkanes of at least 4 members (excludes halogenated alkanes) is 1. The SMILES string of the molecule is CC(C)CCN(CCCC#N)C1CC1. The predicted octanol–water partition coefficient (Wildman–Crippen LogP) is 2.80. The molecule has 14 heavy (non-hydrogen) atoms. The van der Waals surface area contributed by atoms with Gasteiger partial charge in [0.05, 0.1) is 6.07 Å². The summed E-state index contributed by atoms with van der Waals surface area (Å²) in [5.74, 6) is 0.798. The molecule has 0 unspecified atom stereocenters. The molecular formula is C12H22N2. The highest BCUT2D eigenvalue weighted by Crippen LogP contribution is 2.27. The second kappa shape index (κ2) is 6.03. The Kier molecular flexibility index (Phi) is 4.97. The molecule has 0 aliphatic heterocycles. The summed E-state index contributed by atoms with van der Waals surface area (Å²) in [6, 6.07) is 3.07.